The summed E-state index contributed by atoms with van der Waals surface area (Å²) in [5, 5.41) is 2.57. The van der Waals surface area contributed by atoms with Gasteiger partial charge in [-0.15, -0.1) is 11.3 Å². The number of rotatable bonds is 4. The molecule has 0 unspecified atom stereocenters. The van der Waals surface area contributed by atoms with Crippen LogP contribution in [0.15, 0.2) is 46.8 Å². The zero-order valence-electron chi connectivity index (χ0n) is 15.4. The van der Waals surface area contributed by atoms with Crippen molar-refractivity contribution >= 4 is 27.5 Å². The molecule has 3 aromatic rings. The molecule has 0 N–H and O–H groups in total. The quantitative estimate of drug-likeness (QED) is 0.688. The number of carbonyl (C=O) groups excluding carboxylic acids is 1. The largest absolute Gasteiger partial charge is 0.341 e. The van der Waals surface area contributed by atoms with E-state index in [1.165, 1.54) is 41.5 Å². The fourth-order valence-electron chi connectivity index (χ4n) is 3.84. The monoisotopic (exact) mass is 381 g/mol. The fraction of sp³-hybridized carbons (Fsp3) is 0.381. The van der Waals surface area contributed by atoms with E-state index in [1.807, 2.05) is 47.7 Å². The number of thiophene rings is 1. The third kappa shape index (κ3) is 3.54. The summed E-state index contributed by atoms with van der Waals surface area (Å²) in [6, 6.07) is 10.1. The van der Waals surface area contributed by atoms with E-state index in [2.05, 4.69) is 4.98 Å². The molecule has 27 heavy (non-hydrogen) atoms. The van der Waals surface area contributed by atoms with Crippen LogP contribution in [-0.2, 0) is 11.3 Å². The second kappa shape index (κ2) is 7.64. The van der Waals surface area contributed by atoms with Gasteiger partial charge in [-0.3, -0.25) is 14.2 Å². The Morgan fingerprint density at radius 1 is 1.22 bits per heavy atom. The minimum absolute atomic E-state index is 0.0263. The van der Waals surface area contributed by atoms with Crippen LogP contribution < -0.4 is 5.56 Å². The zero-order chi connectivity index (χ0) is 18.8. The molecule has 1 fully saturated rings. The Balaban J connectivity index is 1.64. The number of aromatic nitrogens is 2. The lowest BCUT2D eigenvalue weighted by Gasteiger charge is -2.31. The van der Waals surface area contributed by atoms with Crippen LogP contribution in [0.2, 0.25) is 0 Å². The van der Waals surface area contributed by atoms with Crippen molar-refractivity contribution in [2.45, 2.75) is 44.7 Å². The fourth-order valence-corrected chi connectivity index (χ4v) is 4.75. The van der Waals surface area contributed by atoms with E-state index in [0.717, 1.165) is 24.0 Å². The lowest BCUT2D eigenvalue weighted by Crippen LogP contribution is -2.41. The van der Waals surface area contributed by atoms with Gasteiger partial charge < -0.3 is 4.90 Å². The molecule has 1 aliphatic rings. The number of hydrogen-bond acceptors (Lipinski definition) is 4. The molecule has 5 nitrogen and oxygen atoms in total. The summed E-state index contributed by atoms with van der Waals surface area (Å²) < 4.78 is 1.45. The SMILES string of the molecule is CN(C(=O)Cn1cnc2scc(-c3ccccc3)c2c1=O)C1CCCCC1. The molecule has 1 aromatic carbocycles. The van der Waals surface area contributed by atoms with Crippen molar-refractivity contribution in [3.63, 3.8) is 0 Å². The Labute approximate surface area is 162 Å². The number of likely N-dealkylation sites (N-methyl/N-ethyl adjacent to an activating group) is 1. The van der Waals surface area contributed by atoms with Crippen molar-refractivity contribution < 1.29 is 4.79 Å². The highest BCUT2D eigenvalue weighted by atomic mass is 32.1. The van der Waals surface area contributed by atoms with Gasteiger partial charge in [-0.1, -0.05) is 49.6 Å². The number of benzene rings is 1. The van der Waals surface area contributed by atoms with Gasteiger partial charge in [0, 0.05) is 24.0 Å². The van der Waals surface area contributed by atoms with Gasteiger partial charge in [-0.25, -0.2) is 4.98 Å². The number of nitrogens with zero attached hydrogens (tertiary/aromatic N) is 3. The molecule has 1 amide bonds. The highest BCUT2D eigenvalue weighted by Crippen LogP contribution is 2.30. The van der Waals surface area contributed by atoms with Gasteiger partial charge in [0.2, 0.25) is 5.91 Å². The minimum atomic E-state index is -0.148. The van der Waals surface area contributed by atoms with Crippen LogP contribution in [0.5, 0.6) is 0 Å². The molecular formula is C21H23N3O2S. The van der Waals surface area contributed by atoms with Gasteiger partial charge in [0.05, 0.1) is 11.7 Å². The molecule has 0 spiro atoms. The van der Waals surface area contributed by atoms with Crippen LogP contribution in [0.4, 0.5) is 0 Å². The Morgan fingerprint density at radius 3 is 2.70 bits per heavy atom. The van der Waals surface area contributed by atoms with E-state index in [9.17, 15) is 9.59 Å². The van der Waals surface area contributed by atoms with Crippen molar-refractivity contribution in [1.82, 2.24) is 14.5 Å². The predicted molar refractivity (Wildman–Crippen MR) is 109 cm³/mol. The molecule has 1 saturated carbocycles. The summed E-state index contributed by atoms with van der Waals surface area (Å²) >= 11 is 1.46. The molecule has 0 saturated heterocycles. The second-order valence-corrected chi connectivity index (χ2v) is 8.03. The Bertz CT molecular complexity index is 1000. The zero-order valence-corrected chi connectivity index (χ0v) is 16.2. The van der Waals surface area contributed by atoms with Crippen molar-refractivity contribution in [2.75, 3.05) is 7.05 Å². The number of hydrogen-bond donors (Lipinski definition) is 0. The van der Waals surface area contributed by atoms with E-state index in [0.29, 0.717) is 16.3 Å². The van der Waals surface area contributed by atoms with Crippen molar-refractivity contribution in [1.29, 1.82) is 0 Å². The van der Waals surface area contributed by atoms with E-state index < -0.39 is 0 Å². The predicted octanol–water partition coefficient (Wildman–Crippen LogP) is 3.92. The number of carbonyl (C=O) groups is 1. The van der Waals surface area contributed by atoms with Gasteiger partial charge in [0.25, 0.3) is 5.56 Å². The molecule has 0 bridgehead atoms. The van der Waals surface area contributed by atoms with Crippen LogP contribution in [-0.4, -0.2) is 33.4 Å². The first-order chi connectivity index (χ1) is 13.1. The molecule has 0 atom stereocenters. The van der Waals surface area contributed by atoms with Gasteiger partial charge in [0.1, 0.15) is 11.4 Å². The molecule has 0 aliphatic heterocycles. The Hall–Kier alpha value is -2.47. The second-order valence-electron chi connectivity index (χ2n) is 7.17. The average molecular weight is 382 g/mol. The Morgan fingerprint density at radius 2 is 1.96 bits per heavy atom. The molecular weight excluding hydrogens is 358 g/mol. The van der Waals surface area contributed by atoms with Gasteiger partial charge in [-0.2, -0.15) is 0 Å². The first-order valence-electron chi connectivity index (χ1n) is 9.43. The van der Waals surface area contributed by atoms with Crippen LogP contribution in [0, 0.1) is 0 Å². The summed E-state index contributed by atoms with van der Waals surface area (Å²) in [6.07, 6.45) is 7.20. The normalized spacial score (nSPS) is 15.1. The van der Waals surface area contributed by atoms with E-state index in [1.54, 1.807) is 0 Å². The van der Waals surface area contributed by atoms with Crippen molar-refractivity contribution in [3.8, 4) is 11.1 Å². The number of fused-ring (bicyclic) bond motifs is 1. The van der Waals surface area contributed by atoms with Crippen molar-refractivity contribution in [2.24, 2.45) is 0 Å². The van der Waals surface area contributed by atoms with Gasteiger partial charge in [0.15, 0.2) is 0 Å². The standard InChI is InChI=1S/C21H23N3O2S/c1-23(16-10-6-3-7-11-16)18(25)12-24-14-22-20-19(21(24)26)17(13-27-20)15-8-4-2-5-9-15/h2,4-5,8-9,13-14,16H,3,6-7,10-12H2,1H3. The average Bonchev–Trinajstić information content (AvgIpc) is 3.16. The van der Waals surface area contributed by atoms with E-state index in [-0.39, 0.29) is 18.0 Å². The maximum absolute atomic E-state index is 13.1. The van der Waals surface area contributed by atoms with E-state index in [4.69, 9.17) is 0 Å². The molecule has 4 rings (SSSR count). The van der Waals surface area contributed by atoms with E-state index >= 15 is 0 Å². The van der Waals surface area contributed by atoms with Crippen LogP contribution in [0.1, 0.15) is 32.1 Å². The summed E-state index contributed by atoms with van der Waals surface area (Å²) in [6.45, 7) is 0.0405. The molecule has 1 aliphatic carbocycles. The Kier molecular flexibility index (Phi) is 5.07. The highest BCUT2D eigenvalue weighted by Gasteiger charge is 2.23. The summed E-state index contributed by atoms with van der Waals surface area (Å²) in [4.78, 5) is 32.8. The lowest BCUT2D eigenvalue weighted by molar-refractivity contribution is -0.133. The van der Waals surface area contributed by atoms with Crippen LogP contribution in [0.3, 0.4) is 0 Å². The van der Waals surface area contributed by atoms with Crippen LogP contribution in [0.25, 0.3) is 21.3 Å². The summed E-state index contributed by atoms with van der Waals surface area (Å²) in [5.41, 5.74) is 1.73. The third-order valence-electron chi connectivity index (χ3n) is 5.47. The molecule has 2 aromatic heterocycles. The minimum Gasteiger partial charge on any atom is -0.341 e. The summed E-state index contributed by atoms with van der Waals surface area (Å²) in [5.74, 6) is -0.0263. The highest BCUT2D eigenvalue weighted by molar-refractivity contribution is 7.17. The lowest BCUT2D eigenvalue weighted by atomic mass is 9.94. The van der Waals surface area contributed by atoms with Gasteiger partial charge >= 0.3 is 0 Å². The topological polar surface area (TPSA) is 55.2 Å². The van der Waals surface area contributed by atoms with Crippen molar-refractivity contribution in [3.05, 3.63) is 52.4 Å². The first kappa shape index (κ1) is 17.9. The molecule has 140 valence electrons. The van der Waals surface area contributed by atoms with Crippen LogP contribution >= 0.6 is 11.3 Å². The molecule has 0 radical (unpaired) electrons. The smallest absolute Gasteiger partial charge is 0.263 e. The molecule has 2 heterocycles. The molecule has 6 heteroatoms. The first-order valence-corrected chi connectivity index (χ1v) is 10.3. The third-order valence-corrected chi connectivity index (χ3v) is 6.35. The number of amides is 1. The van der Waals surface area contributed by atoms with Gasteiger partial charge in [-0.05, 0) is 18.4 Å². The maximum atomic E-state index is 13.1. The summed E-state index contributed by atoms with van der Waals surface area (Å²) in [7, 11) is 1.86. The maximum Gasteiger partial charge on any atom is 0.263 e.